The van der Waals surface area contributed by atoms with E-state index in [0.29, 0.717) is 0 Å². The zero-order valence-electron chi connectivity index (χ0n) is 33.1. The lowest BCUT2D eigenvalue weighted by atomic mass is 9.85. The predicted molar refractivity (Wildman–Crippen MR) is 257 cm³/mol. The smallest absolute Gasteiger partial charge is 0.00262 e. The molecule has 0 fully saturated rings. The first-order valence-corrected chi connectivity index (χ1v) is 20.7. The minimum atomic E-state index is 1.20. The van der Waals surface area contributed by atoms with Crippen molar-refractivity contribution in [3.8, 4) is 77.9 Å². The molecule has 0 radical (unpaired) electrons. The third kappa shape index (κ3) is 6.36. The molecule has 0 aromatic heterocycles. The average Bonchev–Trinajstić information content (AvgIpc) is 3.33. The maximum atomic E-state index is 2.37. The van der Waals surface area contributed by atoms with E-state index < -0.39 is 0 Å². The summed E-state index contributed by atoms with van der Waals surface area (Å²) in [5.41, 5.74) is 17.1. The second-order valence-corrected chi connectivity index (χ2v) is 15.6. The largest absolute Gasteiger partial charge is 0.0622 e. The van der Waals surface area contributed by atoms with Crippen LogP contribution in [0.5, 0.6) is 0 Å². The van der Waals surface area contributed by atoms with E-state index in [1.165, 1.54) is 110 Å². The predicted octanol–water partition coefficient (Wildman–Crippen LogP) is 16.8. The van der Waals surface area contributed by atoms with Crippen LogP contribution >= 0.6 is 0 Å². The van der Waals surface area contributed by atoms with Gasteiger partial charge in [0.25, 0.3) is 0 Å². The second kappa shape index (κ2) is 15.2. The van der Waals surface area contributed by atoms with E-state index >= 15 is 0 Å². The van der Waals surface area contributed by atoms with Gasteiger partial charge in [-0.1, -0.05) is 224 Å². The number of benzene rings is 11. The van der Waals surface area contributed by atoms with Gasteiger partial charge in [0.15, 0.2) is 0 Å². The number of rotatable bonds is 7. The van der Waals surface area contributed by atoms with Crippen molar-refractivity contribution in [2.75, 3.05) is 0 Å². The van der Waals surface area contributed by atoms with Gasteiger partial charge in [0.1, 0.15) is 0 Å². The molecule has 0 heteroatoms. The van der Waals surface area contributed by atoms with E-state index in [2.05, 4.69) is 243 Å². The van der Waals surface area contributed by atoms with Gasteiger partial charge >= 0.3 is 0 Å². The molecule has 0 heterocycles. The molecular formula is C60H40. The van der Waals surface area contributed by atoms with Crippen molar-refractivity contribution in [1.82, 2.24) is 0 Å². The van der Waals surface area contributed by atoms with Crippen molar-refractivity contribution in [2.24, 2.45) is 0 Å². The average molecular weight is 761 g/mol. The number of fused-ring (bicyclic) bond motifs is 3. The quantitative estimate of drug-likeness (QED) is 0.142. The molecule has 0 atom stereocenters. The molecule has 0 nitrogen and oxygen atoms in total. The Balaban J connectivity index is 0.984. The second-order valence-electron chi connectivity index (χ2n) is 15.6. The lowest BCUT2D eigenvalue weighted by Crippen LogP contribution is -1.91. The molecule has 0 amide bonds. The summed E-state index contributed by atoms with van der Waals surface area (Å²) in [6.45, 7) is 0. The maximum Gasteiger partial charge on any atom is -0.00262 e. The van der Waals surface area contributed by atoms with Gasteiger partial charge in [0.05, 0.1) is 0 Å². The number of hydrogen-bond donors (Lipinski definition) is 0. The summed E-state index contributed by atoms with van der Waals surface area (Å²) in [7, 11) is 0. The molecule has 0 saturated heterocycles. The van der Waals surface area contributed by atoms with Crippen LogP contribution in [0.1, 0.15) is 0 Å². The van der Waals surface area contributed by atoms with Crippen molar-refractivity contribution >= 4 is 32.3 Å². The summed E-state index contributed by atoms with van der Waals surface area (Å²) < 4.78 is 0. The van der Waals surface area contributed by atoms with Crippen LogP contribution in [0.25, 0.3) is 110 Å². The molecule has 11 aromatic carbocycles. The van der Waals surface area contributed by atoms with E-state index in [0.717, 1.165) is 0 Å². The van der Waals surface area contributed by atoms with Crippen molar-refractivity contribution in [2.45, 2.75) is 0 Å². The monoisotopic (exact) mass is 760 g/mol. The van der Waals surface area contributed by atoms with Gasteiger partial charge in [-0.25, -0.2) is 0 Å². The lowest BCUT2D eigenvalue weighted by Gasteiger charge is -2.18. The molecule has 0 saturated carbocycles. The zero-order valence-corrected chi connectivity index (χ0v) is 33.1. The van der Waals surface area contributed by atoms with Crippen LogP contribution in [0.4, 0.5) is 0 Å². The van der Waals surface area contributed by atoms with Gasteiger partial charge in [0.2, 0.25) is 0 Å². The highest BCUT2D eigenvalue weighted by molar-refractivity contribution is 6.21. The van der Waals surface area contributed by atoms with Gasteiger partial charge in [-0.15, -0.1) is 0 Å². The van der Waals surface area contributed by atoms with Crippen molar-refractivity contribution in [3.63, 3.8) is 0 Å². The highest BCUT2D eigenvalue weighted by Crippen LogP contribution is 2.45. The van der Waals surface area contributed by atoms with Crippen LogP contribution in [0.3, 0.4) is 0 Å². The molecule has 0 bridgehead atoms. The molecule has 11 aromatic rings. The van der Waals surface area contributed by atoms with Crippen molar-refractivity contribution in [1.29, 1.82) is 0 Å². The first-order valence-electron chi connectivity index (χ1n) is 20.7. The van der Waals surface area contributed by atoms with Gasteiger partial charge in [0, 0.05) is 0 Å². The summed E-state index contributed by atoms with van der Waals surface area (Å²) in [5, 5.41) is 7.55. The standard InChI is InChI=1S/C60H40/c1-2-16-41(17-3-1)52-27-6-7-28-54(52)49-24-13-22-47(39-49)45-20-12-21-46(38-45)48-23-14-25-50(40-48)60-57-31-10-8-29-55(57)59(56-30-9-11-32-58(56)60)44-36-34-43(35-37-44)53-33-15-19-42-18-4-5-26-51(42)53/h1-40H. The van der Waals surface area contributed by atoms with Crippen LogP contribution in [-0.2, 0) is 0 Å². The topological polar surface area (TPSA) is 0 Å². The van der Waals surface area contributed by atoms with Crippen LogP contribution in [0.2, 0.25) is 0 Å². The Hall–Kier alpha value is -7.80. The maximum absolute atomic E-state index is 2.37. The minimum Gasteiger partial charge on any atom is -0.0622 e. The highest BCUT2D eigenvalue weighted by Gasteiger charge is 2.18. The zero-order chi connectivity index (χ0) is 39.8. The van der Waals surface area contributed by atoms with Crippen LogP contribution in [-0.4, -0.2) is 0 Å². The fourth-order valence-electron chi connectivity index (χ4n) is 9.25. The van der Waals surface area contributed by atoms with E-state index in [9.17, 15) is 0 Å². The third-order valence-electron chi connectivity index (χ3n) is 12.1. The molecular weight excluding hydrogens is 721 g/mol. The first-order chi connectivity index (χ1) is 29.8. The van der Waals surface area contributed by atoms with Crippen LogP contribution in [0, 0.1) is 0 Å². The highest BCUT2D eigenvalue weighted by atomic mass is 14.2. The van der Waals surface area contributed by atoms with E-state index in [1.807, 2.05) is 0 Å². The van der Waals surface area contributed by atoms with Crippen LogP contribution < -0.4 is 0 Å². The Labute approximate surface area is 351 Å². The van der Waals surface area contributed by atoms with Gasteiger partial charge < -0.3 is 0 Å². The fourth-order valence-corrected chi connectivity index (χ4v) is 9.25. The molecule has 0 spiro atoms. The van der Waals surface area contributed by atoms with E-state index in [4.69, 9.17) is 0 Å². The van der Waals surface area contributed by atoms with Gasteiger partial charge in [-0.3, -0.25) is 0 Å². The van der Waals surface area contributed by atoms with E-state index in [-0.39, 0.29) is 0 Å². The molecule has 0 N–H and O–H groups in total. The lowest BCUT2D eigenvalue weighted by molar-refractivity contribution is 1.56. The van der Waals surface area contributed by atoms with Crippen molar-refractivity contribution < 1.29 is 0 Å². The third-order valence-corrected chi connectivity index (χ3v) is 12.1. The van der Waals surface area contributed by atoms with Crippen molar-refractivity contribution in [3.05, 3.63) is 243 Å². The molecule has 280 valence electrons. The Morgan fingerprint density at radius 2 is 0.500 bits per heavy atom. The molecule has 0 unspecified atom stereocenters. The summed E-state index contributed by atoms with van der Waals surface area (Å²) >= 11 is 0. The molecule has 60 heavy (non-hydrogen) atoms. The minimum absolute atomic E-state index is 1.20. The van der Waals surface area contributed by atoms with Gasteiger partial charge in [-0.05, 0) is 128 Å². The molecule has 11 rings (SSSR count). The first kappa shape index (κ1) is 35.4. The Kier molecular flexibility index (Phi) is 8.95. The molecule has 0 aliphatic carbocycles. The summed E-state index contributed by atoms with van der Waals surface area (Å²) in [6.07, 6.45) is 0. The Morgan fingerprint density at radius 3 is 1.10 bits per heavy atom. The van der Waals surface area contributed by atoms with E-state index in [1.54, 1.807) is 0 Å². The normalized spacial score (nSPS) is 11.3. The Bertz CT molecular complexity index is 3290. The fraction of sp³-hybridized carbons (Fsp3) is 0. The summed E-state index contributed by atoms with van der Waals surface area (Å²) in [6, 6.07) is 88.6. The van der Waals surface area contributed by atoms with Crippen LogP contribution in [0.15, 0.2) is 243 Å². The van der Waals surface area contributed by atoms with Gasteiger partial charge in [-0.2, -0.15) is 0 Å². The molecule has 0 aliphatic heterocycles. The summed E-state index contributed by atoms with van der Waals surface area (Å²) in [4.78, 5) is 0. The number of hydrogen-bond acceptors (Lipinski definition) is 0. The summed E-state index contributed by atoms with van der Waals surface area (Å²) in [5.74, 6) is 0. The Morgan fingerprint density at radius 1 is 0.167 bits per heavy atom. The SMILES string of the molecule is c1ccc(-c2ccccc2-c2cccc(-c3cccc(-c4cccc(-c5c6ccccc6c(-c6ccc(-c7cccc8ccccc78)cc6)c6ccccc56)c4)c3)c2)cc1. The molecule has 0 aliphatic rings.